The van der Waals surface area contributed by atoms with Crippen molar-refractivity contribution in [1.29, 1.82) is 0 Å². The first-order chi connectivity index (χ1) is 7.71. The van der Waals surface area contributed by atoms with Crippen molar-refractivity contribution >= 4 is 24.0 Å². The molecule has 0 saturated heterocycles. The van der Waals surface area contributed by atoms with Crippen molar-refractivity contribution in [3.63, 3.8) is 0 Å². The summed E-state index contributed by atoms with van der Waals surface area (Å²) in [5.74, 6) is -0.741. The highest BCUT2D eigenvalue weighted by Crippen LogP contribution is 2.29. The molecule has 1 aromatic heterocycles. The van der Waals surface area contributed by atoms with Crippen molar-refractivity contribution in [1.82, 2.24) is 4.98 Å². The lowest BCUT2D eigenvalue weighted by Gasteiger charge is -2.10. The number of anilines is 1. The van der Waals surface area contributed by atoms with Gasteiger partial charge in [-0.1, -0.05) is 0 Å². The molecule has 0 aliphatic carbocycles. The smallest absolute Gasteiger partial charge is 0.327 e. The van der Waals surface area contributed by atoms with Crippen molar-refractivity contribution in [2.24, 2.45) is 5.73 Å². The molecule has 18 heavy (non-hydrogen) atoms. The van der Waals surface area contributed by atoms with E-state index in [1.165, 1.54) is 6.92 Å². The van der Waals surface area contributed by atoms with E-state index in [-0.39, 0.29) is 12.4 Å². The number of hydrogen-bond donors (Lipinski definition) is 3. The molecule has 0 bridgehead atoms. The van der Waals surface area contributed by atoms with Crippen LogP contribution in [0.3, 0.4) is 0 Å². The van der Waals surface area contributed by atoms with Crippen LogP contribution in [-0.4, -0.2) is 16.9 Å². The van der Waals surface area contributed by atoms with Gasteiger partial charge in [0.2, 0.25) is 5.91 Å². The van der Waals surface area contributed by atoms with Gasteiger partial charge in [-0.25, -0.2) is 0 Å². The molecule has 0 radical (unpaired) electrons. The highest BCUT2D eigenvalue weighted by Gasteiger charge is 2.31. The zero-order chi connectivity index (χ0) is 13.2. The predicted molar refractivity (Wildman–Crippen MR) is 61.6 cm³/mol. The van der Waals surface area contributed by atoms with Gasteiger partial charge in [0, 0.05) is 6.20 Å². The van der Waals surface area contributed by atoms with Crippen molar-refractivity contribution in [2.45, 2.75) is 19.1 Å². The van der Waals surface area contributed by atoms with Crippen LogP contribution < -0.4 is 16.6 Å². The lowest BCUT2D eigenvalue weighted by Crippen LogP contribution is -2.34. The summed E-state index contributed by atoms with van der Waals surface area (Å²) in [6.45, 7) is 1.34. The predicted octanol–water partition coefficient (Wildman–Crippen LogP) is 1.10. The van der Waals surface area contributed by atoms with Gasteiger partial charge in [-0.05, 0) is 13.0 Å². The normalized spacial score (nSPS) is 12.5. The fraction of sp³-hybridized carbons (Fsp3) is 0.333. The third-order valence-electron chi connectivity index (χ3n) is 1.90. The van der Waals surface area contributed by atoms with Gasteiger partial charge in [-0.15, -0.1) is 12.4 Å². The first-order valence-electron chi connectivity index (χ1n) is 4.58. The number of carbonyl (C=O) groups is 1. The minimum atomic E-state index is -4.60. The van der Waals surface area contributed by atoms with Gasteiger partial charge in [0.15, 0.2) is 0 Å². The molecule has 1 aromatic rings. The SMILES string of the molecule is CC(N)C(=O)Nc1cc(C(F)(F)F)c[nH]c1=O.Cl. The van der Waals surface area contributed by atoms with Crippen LogP contribution in [0.1, 0.15) is 12.5 Å². The van der Waals surface area contributed by atoms with Crippen molar-refractivity contribution in [3.8, 4) is 0 Å². The number of pyridine rings is 1. The topological polar surface area (TPSA) is 88.0 Å². The number of aromatic amines is 1. The summed E-state index contributed by atoms with van der Waals surface area (Å²) < 4.78 is 37.0. The first kappa shape index (κ1) is 16.5. The second kappa shape index (κ2) is 5.87. The summed E-state index contributed by atoms with van der Waals surface area (Å²) in [5.41, 5.74) is 2.84. The average Bonchev–Trinajstić information content (AvgIpc) is 2.19. The average molecular weight is 286 g/mol. The Morgan fingerprint density at radius 2 is 2.06 bits per heavy atom. The molecule has 0 aromatic carbocycles. The summed E-state index contributed by atoms with van der Waals surface area (Å²) in [4.78, 5) is 24.2. The fourth-order valence-electron chi connectivity index (χ4n) is 0.987. The Hall–Kier alpha value is -1.54. The number of nitrogens with one attached hydrogen (secondary N) is 2. The third kappa shape index (κ3) is 4.04. The maximum atomic E-state index is 12.3. The number of H-pyrrole nitrogens is 1. The Bertz CT molecular complexity index is 485. The zero-order valence-corrected chi connectivity index (χ0v) is 9.98. The van der Waals surface area contributed by atoms with Gasteiger partial charge in [-0.2, -0.15) is 13.2 Å². The molecular formula is C9H11ClF3N3O2. The first-order valence-corrected chi connectivity index (χ1v) is 4.58. The van der Waals surface area contributed by atoms with Gasteiger partial charge < -0.3 is 16.0 Å². The Balaban J connectivity index is 0.00000289. The van der Waals surface area contributed by atoms with Crippen LogP contribution in [-0.2, 0) is 11.0 Å². The second-order valence-corrected chi connectivity index (χ2v) is 3.41. The number of aromatic nitrogens is 1. The lowest BCUT2D eigenvalue weighted by atomic mass is 10.2. The van der Waals surface area contributed by atoms with E-state index >= 15 is 0 Å². The molecule has 9 heteroatoms. The molecule has 5 nitrogen and oxygen atoms in total. The van der Waals surface area contributed by atoms with Gasteiger partial charge in [0.05, 0.1) is 11.6 Å². The van der Waals surface area contributed by atoms with Crippen LogP contribution in [0.4, 0.5) is 18.9 Å². The highest BCUT2D eigenvalue weighted by atomic mass is 35.5. The summed E-state index contributed by atoms with van der Waals surface area (Å²) in [5, 5.41) is 2.01. The number of amides is 1. The molecule has 0 spiro atoms. The molecule has 1 amide bonds. The number of rotatable bonds is 2. The van der Waals surface area contributed by atoms with Crippen LogP contribution in [0.5, 0.6) is 0 Å². The summed E-state index contributed by atoms with van der Waals surface area (Å²) in [6, 6.07) is -0.372. The number of alkyl halides is 3. The Labute approximate surface area is 106 Å². The van der Waals surface area contributed by atoms with E-state index < -0.39 is 34.9 Å². The Kier molecular flexibility index (Phi) is 5.37. The Morgan fingerprint density at radius 3 is 2.50 bits per heavy atom. The quantitative estimate of drug-likeness (QED) is 0.760. The lowest BCUT2D eigenvalue weighted by molar-refractivity contribution is -0.137. The summed E-state index contributed by atoms with van der Waals surface area (Å²) in [6.07, 6.45) is -4.07. The molecule has 102 valence electrons. The number of carbonyl (C=O) groups excluding carboxylic acids is 1. The zero-order valence-electron chi connectivity index (χ0n) is 9.17. The Morgan fingerprint density at radius 1 is 1.50 bits per heavy atom. The molecule has 1 unspecified atom stereocenters. The molecule has 0 aliphatic heterocycles. The van der Waals surface area contributed by atoms with Crippen LogP contribution >= 0.6 is 12.4 Å². The molecule has 0 fully saturated rings. The van der Waals surface area contributed by atoms with E-state index in [2.05, 4.69) is 0 Å². The highest BCUT2D eigenvalue weighted by molar-refractivity contribution is 5.94. The third-order valence-corrected chi connectivity index (χ3v) is 1.90. The molecule has 1 rings (SSSR count). The standard InChI is InChI=1S/C9H10F3N3O2.ClH/c1-4(13)7(16)15-6-2-5(9(10,11)12)3-14-8(6)17;/h2-4H,13H2,1H3,(H,14,17)(H,15,16);1H. The van der Waals surface area contributed by atoms with Crippen molar-refractivity contribution in [2.75, 3.05) is 5.32 Å². The molecule has 1 atom stereocenters. The minimum Gasteiger partial charge on any atom is -0.327 e. The van der Waals surface area contributed by atoms with Gasteiger partial charge in [-0.3, -0.25) is 9.59 Å². The molecule has 0 aliphatic rings. The monoisotopic (exact) mass is 285 g/mol. The molecule has 1 heterocycles. The van der Waals surface area contributed by atoms with E-state index in [4.69, 9.17) is 5.73 Å². The van der Waals surface area contributed by atoms with Crippen LogP contribution in [0.2, 0.25) is 0 Å². The molecule has 0 saturated carbocycles. The molecule has 4 N–H and O–H groups in total. The van der Waals surface area contributed by atoms with Gasteiger partial charge >= 0.3 is 6.18 Å². The summed E-state index contributed by atoms with van der Waals surface area (Å²) >= 11 is 0. The fourth-order valence-corrected chi connectivity index (χ4v) is 0.987. The number of hydrogen-bond acceptors (Lipinski definition) is 3. The van der Waals surface area contributed by atoms with Crippen LogP contribution in [0.15, 0.2) is 17.1 Å². The van der Waals surface area contributed by atoms with Crippen LogP contribution in [0, 0.1) is 0 Å². The molecular weight excluding hydrogens is 275 g/mol. The number of nitrogens with two attached hydrogens (primary N) is 1. The van der Waals surface area contributed by atoms with Gasteiger partial charge in [0.1, 0.15) is 5.69 Å². The van der Waals surface area contributed by atoms with E-state index in [1.807, 2.05) is 10.3 Å². The van der Waals surface area contributed by atoms with E-state index in [9.17, 15) is 22.8 Å². The largest absolute Gasteiger partial charge is 0.417 e. The van der Waals surface area contributed by atoms with Crippen molar-refractivity contribution in [3.05, 3.63) is 28.2 Å². The van der Waals surface area contributed by atoms with Crippen LogP contribution in [0.25, 0.3) is 0 Å². The summed E-state index contributed by atoms with van der Waals surface area (Å²) in [7, 11) is 0. The van der Waals surface area contributed by atoms with Crippen molar-refractivity contribution < 1.29 is 18.0 Å². The number of halogens is 4. The maximum absolute atomic E-state index is 12.3. The second-order valence-electron chi connectivity index (χ2n) is 3.41. The maximum Gasteiger partial charge on any atom is 0.417 e. The van der Waals surface area contributed by atoms with E-state index in [0.29, 0.717) is 12.3 Å². The minimum absolute atomic E-state index is 0. The van der Waals surface area contributed by atoms with Gasteiger partial charge in [0.25, 0.3) is 5.56 Å². The van der Waals surface area contributed by atoms with E-state index in [1.54, 1.807) is 0 Å². The van der Waals surface area contributed by atoms with E-state index in [0.717, 1.165) is 0 Å².